The number of allylic oxidation sites excluding steroid dienone is 2. The number of nitriles is 1. The molecule has 0 aliphatic heterocycles. The van der Waals surface area contributed by atoms with Crippen LogP contribution in [0.15, 0.2) is 66.2 Å². The van der Waals surface area contributed by atoms with Crippen molar-refractivity contribution in [3.8, 4) is 17.2 Å². The molecule has 2 atom stereocenters. The van der Waals surface area contributed by atoms with Crippen molar-refractivity contribution in [1.82, 2.24) is 0 Å². The summed E-state index contributed by atoms with van der Waals surface area (Å²) in [6.07, 6.45) is 4.46. The lowest BCUT2D eigenvalue weighted by atomic mass is 9.67. The molecule has 2 unspecified atom stereocenters. The van der Waals surface area contributed by atoms with Gasteiger partial charge >= 0.3 is 5.97 Å². The van der Waals surface area contributed by atoms with Crippen molar-refractivity contribution in [3.05, 3.63) is 82.9 Å². The van der Waals surface area contributed by atoms with Crippen molar-refractivity contribution in [1.29, 1.82) is 5.26 Å². The summed E-state index contributed by atoms with van der Waals surface area (Å²) in [5, 5.41) is 12.0. The van der Waals surface area contributed by atoms with E-state index in [1.165, 1.54) is 12.7 Å². The third-order valence-electron chi connectivity index (χ3n) is 6.97. The minimum atomic E-state index is -0.331. The molecule has 1 aliphatic rings. The Balaban J connectivity index is 1.83. The molecule has 0 heterocycles. The van der Waals surface area contributed by atoms with Gasteiger partial charge in [-0.3, -0.25) is 0 Å². The van der Waals surface area contributed by atoms with Crippen molar-refractivity contribution in [2.24, 2.45) is 11.8 Å². The average Bonchev–Trinajstić information content (AvgIpc) is 3.09. The summed E-state index contributed by atoms with van der Waals surface area (Å²) in [4.78, 5) is 11.9. The van der Waals surface area contributed by atoms with Crippen LogP contribution in [0.5, 0.6) is 0 Å². The zero-order valence-corrected chi connectivity index (χ0v) is 20.1. The summed E-state index contributed by atoms with van der Waals surface area (Å²) < 4.78 is 4.85. The molecule has 0 saturated heterocycles. The van der Waals surface area contributed by atoms with Gasteiger partial charge in [-0.2, -0.15) is 5.26 Å². The molecule has 0 bridgehead atoms. The smallest absolute Gasteiger partial charge is 0.337 e. The van der Waals surface area contributed by atoms with Crippen LogP contribution in [0.25, 0.3) is 21.9 Å². The molecule has 0 amide bonds. The van der Waals surface area contributed by atoms with Crippen LogP contribution in [-0.4, -0.2) is 13.1 Å². The molecule has 0 N–H and O–H groups in total. The fourth-order valence-corrected chi connectivity index (χ4v) is 5.62. The second-order valence-corrected chi connectivity index (χ2v) is 9.85. The van der Waals surface area contributed by atoms with Crippen LogP contribution >= 0.6 is 0 Å². The predicted octanol–water partition coefficient (Wildman–Crippen LogP) is 7.44. The van der Waals surface area contributed by atoms with Crippen LogP contribution < -0.4 is 0 Å². The molecule has 168 valence electrons. The van der Waals surface area contributed by atoms with Gasteiger partial charge in [0.1, 0.15) is 0 Å². The highest BCUT2D eigenvalue weighted by Crippen LogP contribution is 2.50. The van der Waals surface area contributed by atoms with Crippen LogP contribution in [0.3, 0.4) is 0 Å². The first-order valence-electron chi connectivity index (χ1n) is 11.6. The Morgan fingerprint density at radius 1 is 1.09 bits per heavy atom. The number of carbonyl (C=O) groups excluding carboxylic acids is 1. The van der Waals surface area contributed by atoms with E-state index >= 15 is 0 Å². The van der Waals surface area contributed by atoms with E-state index in [-0.39, 0.29) is 11.4 Å². The highest BCUT2D eigenvalue weighted by Gasteiger charge is 2.41. The van der Waals surface area contributed by atoms with Gasteiger partial charge in [0.25, 0.3) is 0 Å². The Morgan fingerprint density at radius 3 is 2.39 bits per heavy atom. The fraction of sp³-hybridized carbons (Fsp3) is 0.333. The Morgan fingerprint density at radius 2 is 1.76 bits per heavy atom. The van der Waals surface area contributed by atoms with Crippen LogP contribution in [0, 0.1) is 23.2 Å². The first-order chi connectivity index (χ1) is 15.8. The quantitative estimate of drug-likeness (QED) is 0.308. The summed E-state index contributed by atoms with van der Waals surface area (Å²) in [6, 6.07) is 20.6. The van der Waals surface area contributed by atoms with E-state index in [0.717, 1.165) is 45.9 Å². The number of nitrogens with zero attached hydrogens (tertiary/aromatic N) is 1. The molecule has 3 aromatic carbocycles. The second-order valence-electron chi connectivity index (χ2n) is 9.85. The lowest BCUT2D eigenvalue weighted by Gasteiger charge is -2.35. The Labute approximate surface area is 196 Å². The first-order valence-corrected chi connectivity index (χ1v) is 11.6. The Kier molecular flexibility index (Phi) is 6.13. The van der Waals surface area contributed by atoms with E-state index in [0.29, 0.717) is 17.4 Å². The number of methoxy groups -OCH3 is 1. The highest BCUT2D eigenvalue weighted by molar-refractivity contribution is 5.96. The maximum atomic E-state index is 11.9. The average molecular weight is 438 g/mol. The van der Waals surface area contributed by atoms with Crippen LogP contribution in [0.4, 0.5) is 0 Å². The molecule has 1 aliphatic carbocycles. The van der Waals surface area contributed by atoms with Crippen LogP contribution in [0.2, 0.25) is 0 Å². The molecule has 3 aromatic rings. The van der Waals surface area contributed by atoms with Gasteiger partial charge < -0.3 is 4.74 Å². The van der Waals surface area contributed by atoms with Gasteiger partial charge in [0.15, 0.2) is 0 Å². The number of rotatable bonds is 5. The molecule has 0 fully saturated rings. The van der Waals surface area contributed by atoms with Gasteiger partial charge in [-0.25, -0.2) is 4.79 Å². The van der Waals surface area contributed by atoms with Crippen molar-refractivity contribution in [3.63, 3.8) is 0 Å². The summed E-state index contributed by atoms with van der Waals surface area (Å²) >= 11 is 0. The summed E-state index contributed by atoms with van der Waals surface area (Å²) in [5.74, 6) is 0.699. The van der Waals surface area contributed by atoms with E-state index < -0.39 is 0 Å². The molecule has 4 rings (SSSR count). The summed E-state index contributed by atoms with van der Waals surface area (Å²) in [6.45, 7) is 9.03. The molecule has 0 aromatic heterocycles. The Hall–Kier alpha value is -3.38. The molecule has 3 nitrogen and oxygen atoms in total. The van der Waals surface area contributed by atoms with Gasteiger partial charge in [0.05, 0.1) is 24.3 Å². The number of hydrogen-bond acceptors (Lipinski definition) is 3. The zero-order chi connectivity index (χ0) is 23.8. The summed E-state index contributed by atoms with van der Waals surface area (Å²) in [5.41, 5.74) is 5.96. The van der Waals surface area contributed by atoms with Crippen molar-refractivity contribution in [2.75, 3.05) is 7.11 Å². The van der Waals surface area contributed by atoms with E-state index in [1.54, 1.807) is 6.07 Å². The van der Waals surface area contributed by atoms with Gasteiger partial charge in [0.2, 0.25) is 0 Å². The molecule has 0 radical (unpaired) electrons. The minimum absolute atomic E-state index is 0.0963. The maximum Gasteiger partial charge on any atom is 0.337 e. The molecule has 0 spiro atoms. The standard InChI is InChI=1S/C30H31NO2/c1-19(2)16-30(17-20(3)12-21(30)4)28-15-25(9-11-27(28)18-31)23-6-7-24-14-26(29(32)33-5)10-8-22(24)13-23/h6-15,19-20H,16-17H2,1-5H3. The topological polar surface area (TPSA) is 50.1 Å². The lowest BCUT2D eigenvalue weighted by molar-refractivity contribution is 0.0601. The summed E-state index contributed by atoms with van der Waals surface area (Å²) in [7, 11) is 1.40. The maximum absolute atomic E-state index is 11.9. The van der Waals surface area contributed by atoms with Crippen molar-refractivity contribution < 1.29 is 9.53 Å². The minimum Gasteiger partial charge on any atom is -0.465 e. The highest BCUT2D eigenvalue weighted by atomic mass is 16.5. The monoisotopic (exact) mass is 437 g/mol. The Bertz CT molecular complexity index is 1290. The van der Waals surface area contributed by atoms with Gasteiger partial charge in [-0.1, -0.05) is 56.7 Å². The number of ether oxygens (including phenoxy) is 1. The van der Waals surface area contributed by atoms with E-state index in [9.17, 15) is 10.1 Å². The number of carbonyl (C=O) groups is 1. The third-order valence-corrected chi connectivity index (χ3v) is 6.97. The number of esters is 1. The molecular weight excluding hydrogens is 406 g/mol. The van der Waals surface area contributed by atoms with Crippen LogP contribution in [-0.2, 0) is 10.2 Å². The number of fused-ring (bicyclic) bond motifs is 1. The predicted molar refractivity (Wildman–Crippen MR) is 134 cm³/mol. The van der Waals surface area contributed by atoms with Crippen molar-refractivity contribution in [2.45, 2.75) is 46.0 Å². The molecule has 33 heavy (non-hydrogen) atoms. The second kappa shape index (κ2) is 8.87. The molecular formula is C30H31NO2. The molecule has 3 heteroatoms. The third kappa shape index (κ3) is 4.18. The number of benzene rings is 3. The lowest BCUT2D eigenvalue weighted by Crippen LogP contribution is -2.29. The van der Waals surface area contributed by atoms with Gasteiger partial charge in [-0.05, 0) is 89.4 Å². The van der Waals surface area contributed by atoms with E-state index in [2.05, 4.69) is 58.0 Å². The van der Waals surface area contributed by atoms with Crippen molar-refractivity contribution >= 4 is 16.7 Å². The first kappa shape index (κ1) is 22.8. The van der Waals surface area contributed by atoms with Gasteiger partial charge in [0, 0.05) is 5.41 Å². The van der Waals surface area contributed by atoms with Crippen LogP contribution in [0.1, 0.15) is 62.0 Å². The molecule has 0 saturated carbocycles. The van der Waals surface area contributed by atoms with Gasteiger partial charge in [-0.15, -0.1) is 0 Å². The SMILES string of the molecule is COC(=O)c1ccc2cc(-c3ccc(C#N)c(C4(CC(C)C)CC(C)C=C4C)c3)ccc2c1. The normalized spacial score (nSPS) is 20.0. The number of hydrogen-bond donors (Lipinski definition) is 0. The fourth-order valence-electron chi connectivity index (χ4n) is 5.62. The zero-order valence-electron chi connectivity index (χ0n) is 20.1. The van der Waals surface area contributed by atoms with E-state index in [4.69, 9.17) is 4.74 Å². The largest absolute Gasteiger partial charge is 0.465 e. The van der Waals surface area contributed by atoms with E-state index in [1.807, 2.05) is 30.3 Å².